The van der Waals surface area contributed by atoms with Gasteiger partial charge in [0.25, 0.3) is 0 Å². The van der Waals surface area contributed by atoms with Crippen molar-refractivity contribution in [3.05, 3.63) is 54.4 Å². The van der Waals surface area contributed by atoms with E-state index in [0.717, 1.165) is 21.1 Å². The molecule has 4 rings (SSSR count). The van der Waals surface area contributed by atoms with Crippen LogP contribution in [0.2, 0.25) is 0 Å². The van der Waals surface area contributed by atoms with Crippen LogP contribution in [0.1, 0.15) is 5.56 Å². The van der Waals surface area contributed by atoms with Crippen molar-refractivity contribution in [2.45, 2.75) is 0 Å². The fraction of sp³-hybridized carbons (Fsp3) is 0. The molecule has 0 atom stereocenters. The van der Waals surface area contributed by atoms with Gasteiger partial charge in [-0.05, 0) is 36.4 Å². The highest BCUT2D eigenvalue weighted by Crippen LogP contribution is 2.27. The van der Waals surface area contributed by atoms with Gasteiger partial charge >= 0.3 is 0 Å². The average molecular weight is 304 g/mol. The summed E-state index contributed by atoms with van der Waals surface area (Å²) in [5.41, 5.74) is 2.43. The first-order chi connectivity index (χ1) is 10.8. The van der Waals surface area contributed by atoms with Crippen LogP contribution >= 0.6 is 11.3 Å². The number of aromatic nitrogens is 5. The predicted octanol–water partition coefficient (Wildman–Crippen LogP) is 2.79. The van der Waals surface area contributed by atoms with Gasteiger partial charge < -0.3 is 0 Å². The first-order valence-electron chi connectivity index (χ1n) is 6.48. The largest absolute Gasteiger partial charge is 0.264 e. The Morgan fingerprint density at radius 3 is 2.64 bits per heavy atom. The summed E-state index contributed by atoms with van der Waals surface area (Å²) in [7, 11) is 0. The van der Waals surface area contributed by atoms with Gasteiger partial charge in [0.05, 0.1) is 11.6 Å². The van der Waals surface area contributed by atoms with Crippen LogP contribution in [0, 0.1) is 11.3 Å². The number of rotatable bonds is 2. The molecule has 4 aromatic rings. The van der Waals surface area contributed by atoms with E-state index in [0.29, 0.717) is 11.4 Å². The molecule has 0 saturated carbocycles. The molecule has 104 valence electrons. The third-order valence-electron chi connectivity index (χ3n) is 3.17. The molecule has 0 aliphatic rings. The maximum absolute atomic E-state index is 8.86. The molecule has 0 N–H and O–H groups in total. The lowest BCUT2D eigenvalue weighted by atomic mass is 10.1. The summed E-state index contributed by atoms with van der Waals surface area (Å²) in [4.78, 5) is 4.83. The maximum Gasteiger partial charge on any atom is 0.235 e. The van der Waals surface area contributed by atoms with Gasteiger partial charge in [-0.1, -0.05) is 11.3 Å². The van der Waals surface area contributed by atoms with Crippen LogP contribution in [0.5, 0.6) is 0 Å². The molecule has 3 aromatic heterocycles. The molecule has 0 fully saturated rings. The summed E-state index contributed by atoms with van der Waals surface area (Å²) in [6.07, 6.45) is 3.50. The van der Waals surface area contributed by atoms with Crippen molar-refractivity contribution in [2.75, 3.05) is 0 Å². The van der Waals surface area contributed by atoms with Gasteiger partial charge in [0.1, 0.15) is 5.01 Å². The van der Waals surface area contributed by atoms with E-state index in [1.807, 2.05) is 24.3 Å². The zero-order valence-corrected chi connectivity index (χ0v) is 12.0. The van der Waals surface area contributed by atoms with Crippen LogP contribution in [0.15, 0.2) is 48.8 Å². The van der Waals surface area contributed by atoms with E-state index in [-0.39, 0.29) is 0 Å². The summed E-state index contributed by atoms with van der Waals surface area (Å²) < 4.78 is 1.72. The third kappa shape index (κ3) is 2.03. The maximum atomic E-state index is 8.86. The highest BCUT2D eigenvalue weighted by atomic mass is 32.1. The zero-order chi connectivity index (χ0) is 14.9. The van der Waals surface area contributed by atoms with Crippen molar-refractivity contribution in [1.82, 2.24) is 24.8 Å². The second-order valence-electron chi connectivity index (χ2n) is 4.56. The van der Waals surface area contributed by atoms with E-state index in [4.69, 9.17) is 5.26 Å². The second-order valence-corrected chi connectivity index (χ2v) is 5.51. The van der Waals surface area contributed by atoms with E-state index in [1.54, 1.807) is 29.0 Å². The standard InChI is InChI=1S/C15H8N6S/c16-8-10-3-5-11(6-4-10)13-18-19-15-21(13)20-14(22-15)12-2-1-7-17-9-12/h1-7,9H. The van der Waals surface area contributed by atoms with Crippen molar-refractivity contribution >= 4 is 16.3 Å². The Bertz CT molecular complexity index is 978. The molecule has 0 spiro atoms. The third-order valence-corrected chi connectivity index (χ3v) is 4.12. The lowest BCUT2D eigenvalue weighted by molar-refractivity contribution is 0.970. The van der Waals surface area contributed by atoms with Crippen molar-refractivity contribution < 1.29 is 0 Å². The zero-order valence-electron chi connectivity index (χ0n) is 11.2. The number of pyridine rings is 1. The number of benzene rings is 1. The molecule has 6 nitrogen and oxygen atoms in total. The fourth-order valence-electron chi connectivity index (χ4n) is 2.10. The van der Waals surface area contributed by atoms with Crippen LogP contribution in [-0.4, -0.2) is 24.8 Å². The summed E-state index contributed by atoms with van der Waals surface area (Å²) in [5.74, 6) is 0.658. The van der Waals surface area contributed by atoms with Crippen LogP contribution in [0.25, 0.3) is 26.9 Å². The molecule has 3 heterocycles. The topological polar surface area (TPSA) is 79.8 Å². The molecule has 0 radical (unpaired) electrons. The van der Waals surface area contributed by atoms with Crippen molar-refractivity contribution in [2.24, 2.45) is 0 Å². The van der Waals surface area contributed by atoms with E-state index in [9.17, 15) is 0 Å². The quantitative estimate of drug-likeness (QED) is 0.569. The molecule has 0 aliphatic heterocycles. The molecule has 0 unspecified atom stereocenters. The number of fused-ring (bicyclic) bond motifs is 1. The smallest absolute Gasteiger partial charge is 0.235 e. The minimum atomic E-state index is 0.610. The molecule has 7 heteroatoms. The van der Waals surface area contributed by atoms with Gasteiger partial charge in [-0.15, -0.1) is 10.2 Å². The Hall–Kier alpha value is -3.11. The van der Waals surface area contributed by atoms with Gasteiger partial charge in [-0.2, -0.15) is 14.9 Å². The van der Waals surface area contributed by atoms with Crippen molar-refractivity contribution in [3.8, 4) is 28.0 Å². The van der Waals surface area contributed by atoms with Gasteiger partial charge in [-0.25, -0.2) is 0 Å². The van der Waals surface area contributed by atoms with Crippen LogP contribution in [0.3, 0.4) is 0 Å². The van der Waals surface area contributed by atoms with Gasteiger partial charge in [0.15, 0.2) is 5.82 Å². The van der Waals surface area contributed by atoms with Gasteiger partial charge in [0, 0.05) is 23.5 Å². The van der Waals surface area contributed by atoms with Gasteiger partial charge in [-0.3, -0.25) is 4.98 Å². The summed E-state index contributed by atoms with van der Waals surface area (Å²) in [6, 6.07) is 13.1. The number of nitrogens with zero attached hydrogens (tertiary/aromatic N) is 6. The SMILES string of the molecule is N#Cc1ccc(-c2nnc3sc(-c4cccnc4)nn23)cc1. The molecular weight excluding hydrogens is 296 g/mol. The Labute approximate surface area is 129 Å². The molecule has 0 amide bonds. The first-order valence-corrected chi connectivity index (χ1v) is 7.30. The first kappa shape index (κ1) is 12.6. The summed E-state index contributed by atoms with van der Waals surface area (Å²) in [5, 5.41) is 22.6. The highest BCUT2D eigenvalue weighted by molar-refractivity contribution is 7.19. The Kier molecular flexibility index (Phi) is 2.88. The van der Waals surface area contributed by atoms with Crippen molar-refractivity contribution in [1.29, 1.82) is 5.26 Å². The van der Waals surface area contributed by atoms with Crippen LogP contribution in [-0.2, 0) is 0 Å². The minimum Gasteiger partial charge on any atom is -0.264 e. The van der Waals surface area contributed by atoms with Gasteiger partial charge in [0.2, 0.25) is 4.96 Å². The molecular formula is C15H8N6S. The Morgan fingerprint density at radius 2 is 1.91 bits per heavy atom. The molecule has 0 saturated heterocycles. The fourth-order valence-corrected chi connectivity index (χ4v) is 2.93. The Morgan fingerprint density at radius 1 is 1.05 bits per heavy atom. The lowest BCUT2D eigenvalue weighted by Gasteiger charge is -1.97. The second kappa shape index (κ2) is 5.02. The van der Waals surface area contributed by atoms with E-state index < -0.39 is 0 Å². The van der Waals surface area contributed by atoms with E-state index in [2.05, 4.69) is 26.3 Å². The molecule has 22 heavy (non-hydrogen) atoms. The predicted molar refractivity (Wildman–Crippen MR) is 82.0 cm³/mol. The number of nitriles is 1. The van der Waals surface area contributed by atoms with Crippen LogP contribution < -0.4 is 0 Å². The number of hydrogen-bond donors (Lipinski definition) is 0. The molecule has 1 aromatic carbocycles. The minimum absolute atomic E-state index is 0.610. The van der Waals surface area contributed by atoms with E-state index >= 15 is 0 Å². The summed E-state index contributed by atoms with van der Waals surface area (Å²) >= 11 is 1.46. The van der Waals surface area contributed by atoms with Crippen molar-refractivity contribution in [3.63, 3.8) is 0 Å². The highest BCUT2D eigenvalue weighted by Gasteiger charge is 2.14. The normalized spacial score (nSPS) is 10.7. The summed E-state index contributed by atoms with van der Waals surface area (Å²) in [6.45, 7) is 0. The lowest BCUT2D eigenvalue weighted by Crippen LogP contribution is -1.91. The molecule has 0 bridgehead atoms. The molecule has 0 aliphatic carbocycles. The van der Waals surface area contributed by atoms with E-state index in [1.165, 1.54) is 11.3 Å². The monoisotopic (exact) mass is 304 g/mol. The average Bonchev–Trinajstić information content (AvgIpc) is 3.16. The number of hydrogen-bond acceptors (Lipinski definition) is 6. The Balaban J connectivity index is 1.82. The van der Waals surface area contributed by atoms with Crippen LogP contribution in [0.4, 0.5) is 0 Å².